The summed E-state index contributed by atoms with van der Waals surface area (Å²) in [6.45, 7) is 3.36. The molecule has 2 fully saturated rings. The van der Waals surface area contributed by atoms with Crippen molar-refractivity contribution in [2.45, 2.75) is 52.1 Å². The lowest BCUT2D eigenvalue weighted by atomic mass is 9.67. The third kappa shape index (κ3) is 4.32. The molecule has 0 aliphatic heterocycles. The number of methoxy groups -OCH3 is 1. The molecule has 3 unspecified atom stereocenters. The largest absolute Gasteiger partial charge is 0.495 e. The molecule has 7 heteroatoms. The van der Waals surface area contributed by atoms with E-state index in [-0.39, 0.29) is 17.8 Å². The van der Waals surface area contributed by atoms with E-state index in [0.717, 1.165) is 24.8 Å². The molecule has 2 saturated carbocycles. The van der Waals surface area contributed by atoms with Gasteiger partial charge in [-0.15, -0.1) is 0 Å². The molecular weight excluding hydrogens is 382 g/mol. The Bertz CT molecular complexity index is 777. The molecule has 0 saturated heterocycles. The minimum absolute atomic E-state index is 0.0320. The molecule has 2 aliphatic carbocycles. The number of carbonyl (C=O) groups is 3. The van der Waals surface area contributed by atoms with Crippen molar-refractivity contribution in [3.05, 3.63) is 22.7 Å². The van der Waals surface area contributed by atoms with Crippen molar-refractivity contribution in [3.63, 3.8) is 0 Å². The Morgan fingerprint density at radius 2 is 1.86 bits per heavy atom. The number of fused-ring (bicyclic) bond motifs is 2. The average molecular weight is 408 g/mol. The Balaban J connectivity index is 1.61. The summed E-state index contributed by atoms with van der Waals surface area (Å²) in [5, 5.41) is 3.26. The van der Waals surface area contributed by atoms with Crippen LogP contribution in [-0.4, -0.2) is 30.9 Å². The fourth-order valence-corrected chi connectivity index (χ4v) is 4.31. The number of halogens is 1. The monoisotopic (exact) mass is 407 g/mol. The molecule has 1 N–H and O–H groups in total. The van der Waals surface area contributed by atoms with E-state index in [9.17, 15) is 14.4 Å². The molecule has 2 aliphatic rings. The first-order chi connectivity index (χ1) is 13.3. The van der Waals surface area contributed by atoms with Crippen molar-refractivity contribution in [1.29, 1.82) is 0 Å². The fourth-order valence-electron chi connectivity index (χ4n) is 4.16. The van der Waals surface area contributed by atoms with E-state index < -0.39 is 18.0 Å². The lowest BCUT2D eigenvalue weighted by Gasteiger charge is -2.36. The van der Waals surface area contributed by atoms with Gasteiger partial charge < -0.3 is 14.8 Å². The van der Waals surface area contributed by atoms with Crippen LogP contribution >= 0.6 is 11.6 Å². The second-order valence-corrected chi connectivity index (χ2v) is 8.17. The van der Waals surface area contributed by atoms with Gasteiger partial charge in [-0.1, -0.05) is 18.0 Å². The van der Waals surface area contributed by atoms with Crippen molar-refractivity contribution in [2.24, 2.45) is 17.8 Å². The van der Waals surface area contributed by atoms with Gasteiger partial charge in [-0.3, -0.25) is 14.4 Å². The SMILES string of the molecule is COc1cc(Cl)c(C)cc1NC(=O)C(C)OC(=O)C1CC2CCCC(C1)C2=O. The lowest BCUT2D eigenvalue weighted by molar-refractivity contribution is -0.161. The van der Waals surface area contributed by atoms with Gasteiger partial charge in [-0.25, -0.2) is 0 Å². The van der Waals surface area contributed by atoms with Crippen LogP contribution in [0.2, 0.25) is 5.02 Å². The Hall–Kier alpha value is -2.08. The second kappa shape index (κ2) is 8.52. The van der Waals surface area contributed by atoms with Crippen molar-refractivity contribution in [1.82, 2.24) is 0 Å². The maximum Gasteiger partial charge on any atom is 0.309 e. The normalized spacial score (nSPS) is 25.0. The van der Waals surface area contributed by atoms with Crippen molar-refractivity contribution in [2.75, 3.05) is 12.4 Å². The van der Waals surface area contributed by atoms with Crippen LogP contribution in [0.3, 0.4) is 0 Å². The molecule has 1 aromatic carbocycles. The topological polar surface area (TPSA) is 81.7 Å². The summed E-state index contributed by atoms with van der Waals surface area (Å²) in [6.07, 6.45) is 2.87. The van der Waals surface area contributed by atoms with Crippen LogP contribution in [0.1, 0.15) is 44.6 Å². The number of benzene rings is 1. The van der Waals surface area contributed by atoms with E-state index in [0.29, 0.717) is 35.1 Å². The first kappa shape index (κ1) is 20.6. The standard InChI is InChI=1S/C21H26ClNO5/c1-11-7-17(18(27-3)10-16(11)22)23-20(25)12(2)28-21(26)15-8-13-5-4-6-14(9-15)19(13)24/h7,10,12-15H,4-6,8-9H2,1-3H3,(H,23,25). The highest BCUT2D eigenvalue weighted by Crippen LogP contribution is 2.40. The Morgan fingerprint density at radius 3 is 2.46 bits per heavy atom. The Labute approximate surface area is 169 Å². The van der Waals surface area contributed by atoms with Crippen molar-refractivity contribution >= 4 is 34.9 Å². The van der Waals surface area contributed by atoms with Gasteiger partial charge in [0.2, 0.25) is 0 Å². The number of esters is 1. The van der Waals surface area contributed by atoms with Gasteiger partial charge in [0, 0.05) is 22.9 Å². The zero-order chi connectivity index (χ0) is 20.4. The Kier molecular flexibility index (Phi) is 6.28. The minimum Gasteiger partial charge on any atom is -0.495 e. The molecule has 3 rings (SSSR count). The molecule has 0 spiro atoms. The van der Waals surface area contributed by atoms with Crippen LogP contribution in [0, 0.1) is 24.7 Å². The summed E-state index contributed by atoms with van der Waals surface area (Å²) in [5.74, 6) is -0.485. The second-order valence-electron chi connectivity index (χ2n) is 7.77. The van der Waals surface area contributed by atoms with E-state index in [1.807, 2.05) is 6.92 Å². The molecule has 6 nitrogen and oxygen atoms in total. The van der Waals surface area contributed by atoms with Gasteiger partial charge in [0.15, 0.2) is 6.10 Å². The van der Waals surface area contributed by atoms with Crippen molar-refractivity contribution < 1.29 is 23.9 Å². The number of rotatable bonds is 5. The van der Waals surface area contributed by atoms with Gasteiger partial charge >= 0.3 is 5.97 Å². The summed E-state index contributed by atoms with van der Waals surface area (Å²) in [6, 6.07) is 3.34. The number of anilines is 1. The van der Waals surface area contributed by atoms with Crippen molar-refractivity contribution in [3.8, 4) is 5.75 Å². The first-order valence-corrected chi connectivity index (χ1v) is 10.1. The Morgan fingerprint density at radius 1 is 1.21 bits per heavy atom. The summed E-state index contributed by atoms with van der Waals surface area (Å²) in [5.41, 5.74) is 1.26. The maximum absolute atomic E-state index is 12.6. The minimum atomic E-state index is -0.953. The number of hydrogen-bond acceptors (Lipinski definition) is 5. The highest BCUT2D eigenvalue weighted by molar-refractivity contribution is 6.31. The maximum atomic E-state index is 12.6. The number of ether oxygens (including phenoxy) is 2. The van der Waals surface area contributed by atoms with E-state index in [1.54, 1.807) is 12.1 Å². The molecule has 0 heterocycles. The molecule has 3 atom stereocenters. The van der Waals surface area contributed by atoms with Crippen LogP contribution in [0.4, 0.5) is 5.69 Å². The van der Waals surface area contributed by atoms with Crippen LogP contribution in [0.5, 0.6) is 5.75 Å². The zero-order valence-corrected chi connectivity index (χ0v) is 17.2. The predicted molar refractivity (Wildman–Crippen MR) is 105 cm³/mol. The van der Waals surface area contributed by atoms with Gasteiger partial charge in [-0.05, 0) is 51.2 Å². The quantitative estimate of drug-likeness (QED) is 0.748. The third-order valence-electron chi connectivity index (χ3n) is 5.78. The van der Waals surface area contributed by atoms with Gasteiger partial charge in [0.25, 0.3) is 5.91 Å². The molecule has 0 radical (unpaired) electrons. The summed E-state index contributed by atoms with van der Waals surface area (Å²) < 4.78 is 10.7. The number of ketones is 1. The molecule has 152 valence electrons. The predicted octanol–water partition coefficient (Wildman–Crippen LogP) is 3.92. The van der Waals surface area contributed by atoms with Gasteiger partial charge in [-0.2, -0.15) is 0 Å². The molecule has 1 amide bonds. The number of hydrogen-bond donors (Lipinski definition) is 1. The molecule has 1 aromatic rings. The summed E-state index contributed by atoms with van der Waals surface area (Å²) in [4.78, 5) is 37.3. The third-order valence-corrected chi connectivity index (χ3v) is 6.19. The average Bonchev–Trinajstić information content (AvgIpc) is 2.64. The highest BCUT2D eigenvalue weighted by atomic mass is 35.5. The molecule has 28 heavy (non-hydrogen) atoms. The molecule has 0 aromatic heterocycles. The molecule has 2 bridgehead atoms. The number of amides is 1. The molecular formula is C21H26ClNO5. The van der Waals surface area contributed by atoms with Crippen LogP contribution in [-0.2, 0) is 19.1 Å². The van der Waals surface area contributed by atoms with E-state index in [4.69, 9.17) is 21.1 Å². The number of aryl methyl sites for hydroxylation is 1. The van der Waals surface area contributed by atoms with Crippen LogP contribution in [0.15, 0.2) is 12.1 Å². The van der Waals surface area contributed by atoms with Crippen LogP contribution < -0.4 is 10.1 Å². The van der Waals surface area contributed by atoms with E-state index in [1.165, 1.54) is 14.0 Å². The zero-order valence-electron chi connectivity index (χ0n) is 16.4. The number of nitrogens with one attached hydrogen (secondary N) is 1. The summed E-state index contributed by atoms with van der Waals surface area (Å²) >= 11 is 6.08. The fraction of sp³-hybridized carbons (Fsp3) is 0.571. The van der Waals surface area contributed by atoms with Gasteiger partial charge in [0.1, 0.15) is 11.5 Å². The highest BCUT2D eigenvalue weighted by Gasteiger charge is 2.42. The van der Waals surface area contributed by atoms with E-state index in [2.05, 4.69) is 5.32 Å². The van der Waals surface area contributed by atoms with Crippen LogP contribution in [0.25, 0.3) is 0 Å². The van der Waals surface area contributed by atoms with Gasteiger partial charge in [0.05, 0.1) is 18.7 Å². The lowest BCUT2D eigenvalue weighted by Crippen LogP contribution is -2.41. The van der Waals surface area contributed by atoms with E-state index >= 15 is 0 Å². The number of Topliss-reactive ketones (excluding diaryl/α,β-unsaturated/α-hetero) is 1. The smallest absolute Gasteiger partial charge is 0.309 e. The number of carbonyl (C=O) groups excluding carboxylic acids is 3. The first-order valence-electron chi connectivity index (χ1n) is 9.69. The summed E-state index contributed by atoms with van der Waals surface area (Å²) in [7, 11) is 1.49.